The minimum absolute atomic E-state index is 0.0502. The Morgan fingerprint density at radius 3 is 1.47 bits per heavy atom. The molecule has 0 amide bonds. The molecular weight excluding hydrogens is 410 g/mol. The van der Waals surface area contributed by atoms with Crippen LogP contribution in [0.4, 0.5) is 0 Å². The third kappa shape index (κ3) is 5.31. The highest BCUT2D eigenvalue weighted by molar-refractivity contribution is 7.81. The van der Waals surface area contributed by atoms with Crippen molar-refractivity contribution in [3.05, 3.63) is 144 Å². The lowest BCUT2D eigenvalue weighted by Gasteiger charge is -2.36. The van der Waals surface area contributed by atoms with Gasteiger partial charge in [0.2, 0.25) is 0 Å². The fourth-order valence-corrected chi connectivity index (χ4v) is 4.23. The van der Waals surface area contributed by atoms with Crippen LogP contribution in [0.3, 0.4) is 0 Å². The Morgan fingerprint density at radius 1 is 0.625 bits per heavy atom. The maximum atomic E-state index is 6.84. The second kappa shape index (κ2) is 11.1. The van der Waals surface area contributed by atoms with Crippen LogP contribution in [0.15, 0.2) is 121 Å². The third-order valence-corrected chi connectivity index (χ3v) is 5.92. The van der Waals surface area contributed by atoms with Gasteiger partial charge in [-0.05, 0) is 22.3 Å². The van der Waals surface area contributed by atoms with Crippen molar-refractivity contribution >= 4 is 12.6 Å². The summed E-state index contributed by atoms with van der Waals surface area (Å²) in [6.45, 7) is 2.08. The van der Waals surface area contributed by atoms with Gasteiger partial charge in [0.15, 0.2) is 0 Å². The van der Waals surface area contributed by atoms with Crippen molar-refractivity contribution in [2.24, 2.45) is 0 Å². The van der Waals surface area contributed by atoms with Crippen LogP contribution in [0.25, 0.3) is 0 Å². The maximum Gasteiger partial charge on any atom is 0.143 e. The Labute approximate surface area is 196 Å². The summed E-state index contributed by atoms with van der Waals surface area (Å²) < 4.78 is 6.84. The first-order valence-corrected chi connectivity index (χ1v) is 11.5. The van der Waals surface area contributed by atoms with Crippen molar-refractivity contribution in [1.29, 1.82) is 0 Å². The van der Waals surface area contributed by atoms with Crippen LogP contribution in [0.1, 0.15) is 22.3 Å². The number of rotatable bonds is 10. The van der Waals surface area contributed by atoms with Gasteiger partial charge in [-0.15, -0.1) is 0 Å². The third-order valence-electron chi connectivity index (χ3n) is 5.59. The fourth-order valence-electron chi connectivity index (χ4n) is 4.03. The highest BCUT2D eigenvalue weighted by Gasteiger charge is 2.37. The van der Waals surface area contributed by atoms with Crippen LogP contribution < -0.4 is 5.32 Å². The van der Waals surface area contributed by atoms with E-state index in [1.165, 1.54) is 5.56 Å². The number of thiol groups is 1. The Morgan fingerprint density at radius 2 is 1.03 bits per heavy atom. The summed E-state index contributed by atoms with van der Waals surface area (Å²) >= 11 is 4.84. The number of ether oxygens (including phenoxy) is 1. The van der Waals surface area contributed by atoms with E-state index in [-0.39, 0.29) is 5.25 Å². The molecule has 0 bridgehead atoms. The maximum absolute atomic E-state index is 6.84. The molecule has 0 saturated carbocycles. The first kappa shape index (κ1) is 22.3. The van der Waals surface area contributed by atoms with E-state index in [2.05, 4.69) is 102 Å². The highest BCUT2D eigenvalue weighted by Crippen LogP contribution is 2.40. The van der Waals surface area contributed by atoms with Crippen LogP contribution in [0, 0.1) is 0 Å². The quantitative estimate of drug-likeness (QED) is 0.231. The van der Waals surface area contributed by atoms with Crippen LogP contribution in [0.5, 0.6) is 0 Å². The van der Waals surface area contributed by atoms with Crippen LogP contribution in [0.2, 0.25) is 0 Å². The van der Waals surface area contributed by atoms with E-state index in [9.17, 15) is 0 Å². The highest BCUT2D eigenvalue weighted by atomic mass is 32.1. The van der Waals surface area contributed by atoms with Gasteiger partial charge in [-0.25, -0.2) is 0 Å². The van der Waals surface area contributed by atoms with Crippen molar-refractivity contribution < 1.29 is 4.74 Å². The van der Waals surface area contributed by atoms with Gasteiger partial charge < -0.3 is 10.1 Å². The van der Waals surface area contributed by atoms with Crippen molar-refractivity contribution in [2.75, 3.05) is 13.2 Å². The van der Waals surface area contributed by atoms with E-state index >= 15 is 0 Å². The molecule has 4 aromatic carbocycles. The topological polar surface area (TPSA) is 21.3 Å². The molecule has 32 heavy (non-hydrogen) atoms. The predicted molar refractivity (Wildman–Crippen MR) is 136 cm³/mol. The Bertz CT molecular complexity index is 959. The van der Waals surface area contributed by atoms with E-state index < -0.39 is 5.60 Å². The van der Waals surface area contributed by atoms with Gasteiger partial charge in [-0.3, -0.25) is 0 Å². The minimum atomic E-state index is -0.704. The molecule has 0 aromatic heterocycles. The molecule has 162 valence electrons. The average Bonchev–Trinajstić information content (AvgIpc) is 2.87. The Kier molecular flexibility index (Phi) is 7.78. The summed E-state index contributed by atoms with van der Waals surface area (Å²) in [5.41, 5.74) is 3.88. The summed E-state index contributed by atoms with van der Waals surface area (Å²) in [6.07, 6.45) is 0. The average molecular weight is 440 g/mol. The molecular formula is C29H29NOS. The molecule has 4 rings (SSSR count). The summed E-state index contributed by atoms with van der Waals surface area (Å²) in [5.74, 6) is 0. The smallest absolute Gasteiger partial charge is 0.143 e. The van der Waals surface area contributed by atoms with Crippen molar-refractivity contribution in [2.45, 2.75) is 17.4 Å². The van der Waals surface area contributed by atoms with Gasteiger partial charge in [0.1, 0.15) is 5.60 Å². The number of hydrogen-bond acceptors (Lipinski definition) is 3. The Hall–Kier alpha value is -2.85. The normalized spacial score (nSPS) is 12.4. The summed E-state index contributed by atoms with van der Waals surface area (Å²) in [6, 6.07) is 41.8. The molecule has 0 saturated heterocycles. The molecule has 1 N–H and O–H groups in total. The SMILES string of the molecule is S[C@@H](CNCc1ccccc1)COC(c1ccccc1)(c1ccccc1)c1ccccc1. The molecule has 0 heterocycles. The van der Waals surface area contributed by atoms with Crippen LogP contribution in [-0.2, 0) is 16.9 Å². The largest absolute Gasteiger partial charge is 0.360 e. The van der Waals surface area contributed by atoms with Gasteiger partial charge in [-0.2, -0.15) is 12.6 Å². The second-order valence-corrected chi connectivity index (χ2v) is 8.59. The van der Waals surface area contributed by atoms with Crippen LogP contribution in [-0.4, -0.2) is 18.4 Å². The van der Waals surface area contributed by atoms with Crippen molar-refractivity contribution in [3.63, 3.8) is 0 Å². The summed E-state index contributed by atoms with van der Waals surface area (Å²) in [4.78, 5) is 0. The van der Waals surface area contributed by atoms with Gasteiger partial charge in [-0.1, -0.05) is 121 Å². The molecule has 0 aliphatic carbocycles. The molecule has 4 aromatic rings. The van der Waals surface area contributed by atoms with Crippen molar-refractivity contribution in [1.82, 2.24) is 5.32 Å². The van der Waals surface area contributed by atoms with E-state index in [4.69, 9.17) is 17.4 Å². The van der Waals surface area contributed by atoms with E-state index in [1.807, 2.05) is 24.3 Å². The van der Waals surface area contributed by atoms with E-state index in [1.54, 1.807) is 0 Å². The number of benzene rings is 4. The number of nitrogens with one attached hydrogen (secondary N) is 1. The first-order valence-electron chi connectivity index (χ1n) is 11.0. The second-order valence-electron chi connectivity index (χ2n) is 7.86. The van der Waals surface area contributed by atoms with Gasteiger partial charge in [0.05, 0.1) is 6.61 Å². The standard InChI is InChI=1S/C29H29NOS/c32-28(22-30-21-24-13-5-1-6-14-24)23-31-29(25-15-7-2-8-16-25,26-17-9-3-10-18-26)27-19-11-4-12-20-27/h1-20,28,30,32H,21-23H2/t28-/m0/s1. The van der Waals surface area contributed by atoms with Crippen molar-refractivity contribution in [3.8, 4) is 0 Å². The molecule has 0 spiro atoms. The first-order chi connectivity index (χ1) is 15.8. The van der Waals surface area contributed by atoms with Gasteiger partial charge >= 0.3 is 0 Å². The predicted octanol–water partition coefficient (Wildman–Crippen LogP) is 6.08. The molecule has 0 unspecified atom stereocenters. The zero-order valence-corrected chi connectivity index (χ0v) is 19.0. The van der Waals surface area contributed by atoms with Gasteiger partial charge in [0, 0.05) is 18.3 Å². The molecule has 1 atom stereocenters. The number of hydrogen-bond donors (Lipinski definition) is 2. The monoisotopic (exact) mass is 439 g/mol. The van der Waals surface area contributed by atoms with E-state index in [0.717, 1.165) is 29.8 Å². The lowest BCUT2D eigenvalue weighted by molar-refractivity contribution is 0.0141. The van der Waals surface area contributed by atoms with E-state index in [0.29, 0.717) is 6.61 Å². The molecule has 0 radical (unpaired) electrons. The molecule has 0 fully saturated rings. The molecule has 2 nitrogen and oxygen atoms in total. The lowest BCUT2D eigenvalue weighted by Crippen LogP contribution is -2.36. The minimum Gasteiger partial charge on any atom is -0.360 e. The molecule has 3 heteroatoms. The zero-order valence-electron chi connectivity index (χ0n) is 18.1. The molecule has 0 aliphatic rings. The summed E-state index contributed by atoms with van der Waals surface area (Å²) in [7, 11) is 0. The van der Waals surface area contributed by atoms with Crippen LogP contribution >= 0.6 is 12.6 Å². The van der Waals surface area contributed by atoms with Gasteiger partial charge in [0.25, 0.3) is 0 Å². The zero-order chi connectivity index (χ0) is 22.1. The summed E-state index contributed by atoms with van der Waals surface area (Å²) in [5, 5.41) is 3.55. The molecule has 0 aliphatic heterocycles. The fraction of sp³-hybridized carbons (Fsp3) is 0.172. The lowest BCUT2D eigenvalue weighted by atomic mass is 9.80. The Balaban J connectivity index is 1.58.